The van der Waals surface area contributed by atoms with Crippen LogP contribution in [0.25, 0.3) is 0 Å². The van der Waals surface area contributed by atoms with Crippen molar-refractivity contribution in [3.8, 4) is 0 Å². The summed E-state index contributed by atoms with van der Waals surface area (Å²) in [5, 5.41) is 23.5. The van der Waals surface area contributed by atoms with Gasteiger partial charge in [-0.2, -0.15) is 0 Å². The summed E-state index contributed by atoms with van der Waals surface area (Å²) in [5.74, 6) is -0.300. The minimum atomic E-state index is -0.841. The molecular formula is C28H35N3O4. The fraction of sp³-hybridized carbons (Fsp3) is 0.500. The third kappa shape index (κ3) is 4.85. The summed E-state index contributed by atoms with van der Waals surface area (Å²) in [5.41, 5.74) is 9.36. The maximum Gasteiger partial charge on any atom is 0.253 e. The molecule has 2 aromatic carbocycles. The molecule has 0 spiro atoms. The minimum absolute atomic E-state index is 0.0227. The number of hydrogen-bond acceptors (Lipinski definition) is 5. The lowest BCUT2D eigenvalue weighted by atomic mass is 9.61. The number of piperidine rings is 1. The van der Waals surface area contributed by atoms with Gasteiger partial charge in [-0.05, 0) is 79.2 Å². The molecule has 1 heterocycles. The number of aliphatic hydroxyl groups is 2. The molecule has 7 heteroatoms. The number of nitrogens with one attached hydrogen (secondary N) is 1. The van der Waals surface area contributed by atoms with E-state index in [1.165, 1.54) is 5.56 Å². The number of anilines is 1. The van der Waals surface area contributed by atoms with Crippen LogP contribution in [0.2, 0.25) is 0 Å². The van der Waals surface area contributed by atoms with Gasteiger partial charge in [-0.15, -0.1) is 0 Å². The summed E-state index contributed by atoms with van der Waals surface area (Å²) in [6.07, 6.45) is 2.46. The van der Waals surface area contributed by atoms with Gasteiger partial charge in [0.2, 0.25) is 5.91 Å². The standard InChI is InChI=1S/C28H35N3O4/c29-16-17-3-1-4-19(13-17)18-9-11-31(12-10-18)28(35)21-5-2-6-22(14-21)30-27(34)24-15-20-7-8-23(24)26(33)25(20)32/h1-6,13-14,18,20,23-26,32-33H,7-12,15-16,29H2,(H,30,34)/t20?,23?,24-,25+,26-/m1/s1. The van der Waals surface area contributed by atoms with Crippen molar-refractivity contribution in [2.45, 2.75) is 56.8 Å². The number of fused-ring (bicyclic) bond motifs is 3. The van der Waals surface area contributed by atoms with Crippen LogP contribution in [0, 0.1) is 17.8 Å². The molecule has 4 aliphatic rings. The first-order chi connectivity index (χ1) is 16.9. The highest BCUT2D eigenvalue weighted by atomic mass is 16.3. The second-order valence-corrected chi connectivity index (χ2v) is 10.4. The average Bonchev–Trinajstić information content (AvgIpc) is 2.91. The van der Waals surface area contributed by atoms with Crippen molar-refractivity contribution in [3.05, 3.63) is 65.2 Å². The van der Waals surface area contributed by atoms with E-state index in [1.807, 2.05) is 11.0 Å². The van der Waals surface area contributed by atoms with E-state index in [0.717, 1.165) is 31.2 Å². The van der Waals surface area contributed by atoms with Crippen LogP contribution in [-0.4, -0.2) is 52.2 Å². The van der Waals surface area contributed by atoms with E-state index in [1.54, 1.807) is 24.3 Å². The Morgan fingerprint density at radius 1 is 0.971 bits per heavy atom. The first-order valence-electron chi connectivity index (χ1n) is 12.8. The van der Waals surface area contributed by atoms with Crippen LogP contribution in [0.15, 0.2) is 48.5 Å². The molecule has 2 aromatic rings. The maximum absolute atomic E-state index is 13.2. The van der Waals surface area contributed by atoms with E-state index < -0.39 is 12.2 Å². The van der Waals surface area contributed by atoms with E-state index in [0.29, 0.717) is 43.2 Å². The Bertz CT molecular complexity index is 1080. The highest BCUT2D eigenvalue weighted by Crippen LogP contribution is 2.45. The summed E-state index contributed by atoms with van der Waals surface area (Å²) < 4.78 is 0. The van der Waals surface area contributed by atoms with Gasteiger partial charge in [-0.1, -0.05) is 30.3 Å². The van der Waals surface area contributed by atoms with E-state index in [4.69, 9.17) is 5.73 Å². The third-order valence-corrected chi connectivity index (χ3v) is 8.37. The van der Waals surface area contributed by atoms with E-state index in [9.17, 15) is 19.8 Å². The lowest BCUT2D eigenvalue weighted by Crippen LogP contribution is -2.54. The molecular weight excluding hydrogens is 442 g/mol. The minimum Gasteiger partial charge on any atom is -0.390 e. The zero-order valence-corrected chi connectivity index (χ0v) is 20.0. The fourth-order valence-electron chi connectivity index (χ4n) is 6.32. The quantitative estimate of drug-likeness (QED) is 0.529. The van der Waals surface area contributed by atoms with Crippen LogP contribution in [-0.2, 0) is 11.3 Å². The van der Waals surface area contributed by atoms with Gasteiger partial charge in [-0.3, -0.25) is 9.59 Å². The molecule has 2 unspecified atom stereocenters. The molecule has 35 heavy (non-hydrogen) atoms. The summed E-state index contributed by atoms with van der Waals surface area (Å²) in [6, 6.07) is 15.5. The van der Waals surface area contributed by atoms with Crippen LogP contribution >= 0.6 is 0 Å². The Morgan fingerprint density at radius 2 is 1.74 bits per heavy atom. The number of amides is 2. The van der Waals surface area contributed by atoms with Crippen molar-refractivity contribution in [1.29, 1.82) is 0 Å². The number of likely N-dealkylation sites (tertiary alicyclic amines) is 1. The summed E-state index contributed by atoms with van der Waals surface area (Å²) >= 11 is 0. The predicted octanol–water partition coefficient (Wildman–Crippen LogP) is 2.87. The topological polar surface area (TPSA) is 116 Å². The molecule has 3 aliphatic carbocycles. The van der Waals surface area contributed by atoms with Crippen LogP contribution in [0.5, 0.6) is 0 Å². The number of hydrogen-bond donors (Lipinski definition) is 4. The molecule has 6 rings (SSSR count). The van der Waals surface area contributed by atoms with Crippen LogP contribution in [0.3, 0.4) is 0 Å². The van der Waals surface area contributed by atoms with E-state index in [-0.39, 0.29) is 29.6 Å². The van der Waals surface area contributed by atoms with Crippen molar-refractivity contribution in [2.75, 3.05) is 18.4 Å². The Kier molecular flexibility index (Phi) is 6.91. The molecule has 2 amide bonds. The highest BCUT2D eigenvalue weighted by molar-refractivity contribution is 5.98. The Morgan fingerprint density at radius 3 is 2.49 bits per heavy atom. The number of nitrogens with zero attached hydrogens (tertiary/aromatic N) is 1. The van der Waals surface area contributed by atoms with Crippen molar-refractivity contribution in [2.24, 2.45) is 23.5 Å². The Hall–Kier alpha value is -2.74. The normalized spacial score (nSPS) is 28.7. The zero-order chi connectivity index (χ0) is 24.5. The molecule has 7 nitrogen and oxygen atoms in total. The number of nitrogens with two attached hydrogens (primary N) is 1. The zero-order valence-electron chi connectivity index (χ0n) is 20.0. The van der Waals surface area contributed by atoms with Gasteiger partial charge in [0, 0.05) is 36.8 Å². The summed E-state index contributed by atoms with van der Waals surface area (Å²) in [7, 11) is 0. The van der Waals surface area contributed by atoms with Crippen molar-refractivity contribution in [1.82, 2.24) is 4.90 Å². The Balaban J connectivity index is 1.20. The molecule has 0 aromatic heterocycles. The molecule has 0 radical (unpaired) electrons. The number of carbonyl (C=O) groups excluding carboxylic acids is 2. The first-order valence-corrected chi connectivity index (χ1v) is 12.8. The fourth-order valence-corrected chi connectivity index (χ4v) is 6.32. The average molecular weight is 478 g/mol. The van der Waals surface area contributed by atoms with Crippen molar-refractivity contribution < 1.29 is 19.8 Å². The summed E-state index contributed by atoms with van der Waals surface area (Å²) in [4.78, 5) is 28.1. The van der Waals surface area contributed by atoms with E-state index in [2.05, 4.69) is 23.5 Å². The van der Waals surface area contributed by atoms with Gasteiger partial charge in [0.05, 0.1) is 12.2 Å². The van der Waals surface area contributed by atoms with Gasteiger partial charge in [0.15, 0.2) is 0 Å². The molecule has 4 fully saturated rings. The molecule has 1 saturated heterocycles. The Labute approximate surface area is 206 Å². The lowest BCUT2D eigenvalue weighted by Gasteiger charge is -2.47. The van der Waals surface area contributed by atoms with Crippen LogP contribution < -0.4 is 11.1 Å². The van der Waals surface area contributed by atoms with Gasteiger partial charge in [-0.25, -0.2) is 0 Å². The maximum atomic E-state index is 13.2. The summed E-state index contributed by atoms with van der Waals surface area (Å²) in [6.45, 7) is 1.92. The monoisotopic (exact) mass is 477 g/mol. The third-order valence-electron chi connectivity index (χ3n) is 8.37. The van der Waals surface area contributed by atoms with Crippen LogP contribution in [0.1, 0.15) is 59.5 Å². The smallest absolute Gasteiger partial charge is 0.253 e. The molecule has 1 aliphatic heterocycles. The van der Waals surface area contributed by atoms with Crippen molar-refractivity contribution in [3.63, 3.8) is 0 Å². The molecule has 5 N–H and O–H groups in total. The molecule has 3 saturated carbocycles. The first kappa shape index (κ1) is 24.0. The predicted molar refractivity (Wildman–Crippen MR) is 134 cm³/mol. The SMILES string of the molecule is NCc1cccc(C2CCN(C(=O)c3cccc(NC(=O)[C@@H]4CC5CCC4[C@@H](O)[C@H]5O)c3)CC2)c1. The number of rotatable bonds is 5. The molecule has 2 bridgehead atoms. The highest BCUT2D eigenvalue weighted by Gasteiger charge is 2.49. The van der Waals surface area contributed by atoms with Crippen molar-refractivity contribution >= 4 is 17.5 Å². The lowest BCUT2D eigenvalue weighted by molar-refractivity contribution is -0.150. The number of benzene rings is 2. The number of carbonyl (C=O) groups is 2. The van der Waals surface area contributed by atoms with E-state index >= 15 is 0 Å². The molecule has 186 valence electrons. The van der Waals surface area contributed by atoms with Gasteiger partial charge in [0.25, 0.3) is 5.91 Å². The van der Waals surface area contributed by atoms with Gasteiger partial charge in [0.1, 0.15) is 0 Å². The molecule has 5 atom stereocenters. The van der Waals surface area contributed by atoms with Gasteiger partial charge < -0.3 is 26.2 Å². The second kappa shape index (κ2) is 10.1. The second-order valence-electron chi connectivity index (χ2n) is 10.4. The largest absolute Gasteiger partial charge is 0.390 e. The van der Waals surface area contributed by atoms with Gasteiger partial charge >= 0.3 is 0 Å². The van der Waals surface area contributed by atoms with Crippen LogP contribution in [0.4, 0.5) is 5.69 Å². The number of aliphatic hydroxyl groups excluding tert-OH is 2.